The molecule has 3 rings (SSSR count). The van der Waals surface area contributed by atoms with E-state index in [1.54, 1.807) is 32.4 Å². The number of methoxy groups -OCH3 is 3. The van der Waals surface area contributed by atoms with Gasteiger partial charge in [-0.3, -0.25) is 4.79 Å². The monoisotopic (exact) mass is 490 g/mol. The lowest BCUT2D eigenvalue weighted by Crippen LogP contribution is -2.43. The number of carbonyl (C=O) groups excluding carboxylic acids is 1. The zero-order valence-electron chi connectivity index (χ0n) is 20.5. The second-order valence-corrected chi connectivity index (χ2v) is 10.6. The summed E-state index contributed by atoms with van der Waals surface area (Å²) in [5.41, 5.74) is 1.83. The molecule has 0 bridgehead atoms. The van der Waals surface area contributed by atoms with Gasteiger partial charge in [0, 0.05) is 25.6 Å². The van der Waals surface area contributed by atoms with E-state index in [0.29, 0.717) is 36.6 Å². The van der Waals surface area contributed by atoms with Crippen molar-refractivity contribution in [1.29, 1.82) is 0 Å². The largest absolute Gasteiger partial charge is 0.495 e. The summed E-state index contributed by atoms with van der Waals surface area (Å²) >= 11 is 0. The molecule has 0 aliphatic carbocycles. The van der Waals surface area contributed by atoms with Crippen LogP contribution in [0.25, 0.3) is 0 Å². The number of nitrogens with one attached hydrogen (secondary N) is 1. The number of carbonyl (C=O) groups is 1. The highest BCUT2D eigenvalue weighted by molar-refractivity contribution is 7.89. The molecular weight excluding hydrogens is 456 g/mol. The van der Waals surface area contributed by atoms with Gasteiger partial charge in [-0.15, -0.1) is 0 Å². The van der Waals surface area contributed by atoms with Crippen molar-refractivity contribution in [1.82, 2.24) is 9.62 Å². The van der Waals surface area contributed by atoms with Crippen molar-refractivity contribution < 1.29 is 27.4 Å². The van der Waals surface area contributed by atoms with Gasteiger partial charge in [-0.1, -0.05) is 26.0 Å². The normalized spacial score (nSPS) is 15.2. The molecule has 0 atom stereocenters. The van der Waals surface area contributed by atoms with Crippen molar-refractivity contribution in [3.63, 3.8) is 0 Å². The Balaban J connectivity index is 1.62. The lowest BCUT2D eigenvalue weighted by atomic mass is 9.97. The third kappa shape index (κ3) is 5.64. The van der Waals surface area contributed by atoms with Crippen LogP contribution in [0.2, 0.25) is 0 Å². The lowest BCUT2D eigenvalue weighted by Gasteiger charge is -2.31. The third-order valence-electron chi connectivity index (χ3n) is 6.21. The average molecular weight is 491 g/mol. The predicted octanol–water partition coefficient (Wildman–Crippen LogP) is 3.55. The molecule has 1 N–H and O–H groups in total. The van der Waals surface area contributed by atoms with Gasteiger partial charge in [0.15, 0.2) is 11.5 Å². The Kier molecular flexibility index (Phi) is 8.43. The maximum Gasteiger partial charge on any atom is 0.246 e. The van der Waals surface area contributed by atoms with Crippen LogP contribution in [0.5, 0.6) is 17.2 Å². The number of rotatable bonds is 9. The fourth-order valence-corrected chi connectivity index (χ4v) is 5.74. The van der Waals surface area contributed by atoms with Crippen LogP contribution in [0.4, 0.5) is 0 Å². The summed E-state index contributed by atoms with van der Waals surface area (Å²) in [4.78, 5) is 12.9. The number of hydrogen-bond donors (Lipinski definition) is 1. The van der Waals surface area contributed by atoms with E-state index >= 15 is 0 Å². The SMILES string of the molecule is COc1ccc(CNC(=O)C2CCN(S(=O)(=O)c3cc(C(C)C)ccc3OC)CC2)cc1OC. The van der Waals surface area contributed by atoms with Crippen LogP contribution >= 0.6 is 0 Å². The topological polar surface area (TPSA) is 94.2 Å². The van der Waals surface area contributed by atoms with E-state index in [-0.39, 0.29) is 35.7 Å². The first-order valence-corrected chi connectivity index (χ1v) is 12.8. The summed E-state index contributed by atoms with van der Waals surface area (Å²) in [6.45, 7) is 4.96. The second kappa shape index (κ2) is 11.1. The number of hydrogen-bond acceptors (Lipinski definition) is 6. The van der Waals surface area contributed by atoms with Crippen LogP contribution in [0, 0.1) is 5.92 Å². The van der Waals surface area contributed by atoms with E-state index in [9.17, 15) is 13.2 Å². The molecule has 1 heterocycles. The van der Waals surface area contributed by atoms with Gasteiger partial charge in [0.25, 0.3) is 0 Å². The fourth-order valence-electron chi connectivity index (χ4n) is 4.08. The van der Waals surface area contributed by atoms with Gasteiger partial charge in [-0.25, -0.2) is 8.42 Å². The second-order valence-electron chi connectivity index (χ2n) is 8.65. The smallest absolute Gasteiger partial charge is 0.246 e. The minimum atomic E-state index is -3.73. The molecule has 0 unspecified atom stereocenters. The molecule has 1 saturated heterocycles. The summed E-state index contributed by atoms with van der Waals surface area (Å²) in [7, 11) is 0.881. The molecule has 34 heavy (non-hydrogen) atoms. The molecule has 2 aromatic rings. The number of sulfonamides is 1. The number of benzene rings is 2. The Labute approximate surface area is 202 Å². The van der Waals surface area contributed by atoms with E-state index in [1.165, 1.54) is 11.4 Å². The molecule has 2 aromatic carbocycles. The maximum absolute atomic E-state index is 13.4. The Bertz CT molecular complexity index is 1110. The van der Waals surface area contributed by atoms with E-state index in [4.69, 9.17) is 14.2 Å². The number of ether oxygens (including phenoxy) is 3. The van der Waals surface area contributed by atoms with Gasteiger partial charge in [0.2, 0.25) is 15.9 Å². The molecule has 1 aliphatic heterocycles. The molecule has 1 aliphatic rings. The fraction of sp³-hybridized carbons (Fsp3) is 0.480. The van der Waals surface area contributed by atoms with Crippen LogP contribution in [0.15, 0.2) is 41.3 Å². The molecule has 1 amide bonds. The Morgan fingerprint density at radius 1 is 0.971 bits per heavy atom. The maximum atomic E-state index is 13.4. The van der Waals surface area contributed by atoms with Crippen LogP contribution in [0.3, 0.4) is 0 Å². The van der Waals surface area contributed by atoms with Gasteiger partial charge in [-0.05, 0) is 54.2 Å². The zero-order valence-corrected chi connectivity index (χ0v) is 21.3. The molecule has 8 nitrogen and oxygen atoms in total. The summed E-state index contributed by atoms with van der Waals surface area (Å²) in [5.74, 6) is 1.44. The third-order valence-corrected chi connectivity index (χ3v) is 8.13. The Morgan fingerprint density at radius 3 is 2.18 bits per heavy atom. The van der Waals surface area contributed by atoms with E-state index in [0.717, 1.165) is 11.1 Å². The van der Waals surface area contributed by atoms with Crippen molar-refractivity contribution in [2.45, 2.75) is 44.0 Å². The first kappa shape index (κ1) is 25.8. The highest BCUT2D eigenvalue weighted by atomic mass is 32.2. The van der Waals surface area contributed by atoms with Crippen molar-refractivity contribution in [2.24, 2.45) is 5.92 Å². The van der Waals surface area contributed by atoms with Crippen LogP contribution < -0.4 is 19.5 Å². The van der Waals surface area contributed by atoms with E-state index in [1.807, 2.05) is 32.0 Å². The van der Waals surface area contributed by atoms with Crippen molar-refractivity contribution in [3.8, 4) is 17.2 Å². The molecule has 0 spiro atoms. The van der Waals surface area contributed by atoms with Crippen LogP contribution in [-0.2, 0) is 21.4 Å². The average Bonchev–Trinajstić information content (AvgIpc) is 2.86. The summed E-state index contributed by atoms with van der Waals surface area (Å²) in [6.07, 6.45) is 0.923. The molecule has 1 fully saturated rings. The van der Waals surface area contributed by atoms with Gasteiger partial charge in [-0.2, -0.15) is 4.31 Å². The highest BCUT2D eigenvalue weighted by Gasteiger charge is 2.34. The minimum Gasteiger partial charge on any atom is -0.495 e. The Hall–Kier alpha value is -2.78. The first-order valence-electron chi connectivity index (χ1n) is 11.4. The van der Waals surface area contributed by atoms with Crippen LogP contribution in [0.1, 0.15) is 43.7 Å². The van der Waals surface area contributed by atoms with Gasteiger partial charge in [0.1, 0.15) is 10.6 Å². The standard InChI is InChI=1S/C25H34N2O6S/c1-17(2)20-7-9-22(32-4)24(15-20)34(29,30)27-12-10-19(11-13-27)25(28)26-16-18-6-8-21(31-3)23(14-18)33-5/h6-9,14-15,17,19H,10-13,16H2,1-5H3,(H,26,28). The van der Waals surface area contributed by atoms with Crippen molar-refractivity contribution in [2.75, 3.05) is 34.4 Å². The van der Waals surface area contributed by atoms with Crippen LogP contribution in [-0.4, -0.2) is 53.0 Å². The minimum absolute atomic E-state index is 0.0776. The predicted molar refractivity (Wildman–Crippen MR) is 130 cm³/mol. The summed E-state index contributed by atoms with van der Waals surface area (Å²) in [6, 6.07) is 10.8. The summed E-state index contributed by atoms with van der Waals surface area (Å²) < 4.78 is 44.1. The number of nitrogens with zero attached hydrogens (tertiary/aromatic N) is 1. The van der Waals surface area contributed by atoms with Gasteiger partial charge < -0.3 is 19.5 Å². The van der Waals surface area contributed by atoms with Gasteiger partial charge >= 0.3 is 0 Å². The highest BCUT2D eigenvalue weighted by Crippen LogP contribution is 2.32. The first-order chi connectivity index (χ1) is 16.2. The molecule has 0 saturated carbocycles. The molecule has 9 heteroatoms. The lowest BCUT2D eigenvalue weighted by molar-refractivity contribution is -0.126. The molecular formula is C25H34N2O6S. The molecule has 0 aromatic heterocycles. The van der Waals surface area contributed by atoms with E-state index < -0.39 is 10.0 Å². The van der Waals surface area contributed by atoms with Gasteiger partial charge in [0.05, 0.1) is 21.3 Å². The number of amides is 1. The van der Waals surface area contributed by atoms with Crippen molar-refractivity contribution >= 4 is 15.9 Å². The zero-order chi connectivity index (χ0) is 24.9. The Morgan fingerprint density at radius 2 is 1.59 bits per heavy atom. The van der Waals surface area contributed by atoms with Crippen molar-refractivity contribution in [3.05, 3.63) is 47.5 Å². The molecule has 186 valence electrons. The number of piperidine rings is 1. The quantitative estimate of drug-likeness (QED) is 0.578. The van der Waals surface area contributed by atoms with E-state index in [2.05, 4.69) is 5.32 Å². The summed E-state index contributed by atoms with van der Waals surface area (Å²) in [5, 5.41) is 2.96. The molecule has 0 radical (unpaired) electrons.